The molecule has 3 aromatic rings. The number of aryl methyl sites for hydroxylation is 1. The van der Waals surface area contributed by atoms with Crippen LogP contribution in [0.25, 0.3) is 11.4 Å². The smallest absolute Gasteiger partial charge is 0.303 e. The number of rotatable bonds is 11. The summed E-state index contributed by atoms with van der Waals surface area (Å²) in [5.41, 5.74) is 3.29. The van der Waals surface area contributed by atoms with Crippen LogP contribution >= 0.6 is 11.8 Å². The Labute approximate surface area is 188 Å². The fraction of sp³-hybridized carbons (Fsp3) is 0.360. The fourth-order valence-electron chi connectivity index (χ4n) is 3.59. The van der Waals surface area contributed by atoms with Gasteiger partial charge in [-0.1, -0.05) is 37.3 Å². The lowest BCUT2D eigenvalue weighted by atomic mass is 10.0. The van der Waals surface area contributed by atoms with Crippen molar-refractivity contribution in [3.05, 3.63) is 66.0 Å². The molecule has 5 nitrogen and oxygen atoms in total. The van der Waals surface area contributed by atoms with Gasteiger partial charge in [-0.05, 0) is 50.1 Å². The molecule has 31 heavy (non-hydrogen) atoms. The molecule has 0 aliphatic heterocycles. The summed E-state index contributed by atoms with van der Waals surface area (Å²) < 4.78 is 8.29. The maximum absolute atomic E-state index is 10.8. The zero-order chi connectivity index (χ0) is 22.2. The van der Waals surface area contributed by atoms with Crippen LogP contribution in [0.15, 0.2) is 59.6 Å². The minimum Gasteiger partial charge on any atom is -0.493 e. The first kappa shape index (κ1) is 22.9. The van der Waals surface area contributed by atoms with Crippen molar-refractivity contribution in [2.24, 2.45) is 5.92 Å². The highest BCUT2D eigenvalue weighted by Gasteiger charge is 2.13. The van der Waals surface area contributed by atoms with Gasteiger partial charge in [-0.15, -0.1) is 11.8 Å². The van der Waals surface area contributed by atoms with E-state index in [2.05, 4.69) is 53.1 Å². The van der Waals surface area contributed by atoms with E-state index in [9.17, 15) is 4.79 Å². The predicted molar refractivity (Wildman–Crippen MR) is 126 cm³/mol. The van der Waals surface area contributed by atoms with Crippen molar-refractivity contribution in [1.29, 1.82) is 0 Å². The zero-order valence-electron chi connectivity index (χ0n) is 18.4. The van der Waals surface area contributed by atoms with Gasteiger partial charge in [0.15, 0.2) is 0 Å². The molecule has 6 heteroatoms. The molecule has 0 amide bonds. The van der Waals surface area contributed by atoms with Crippen LogP contribution < -0.4 is 4.74 Å². The standard InChI is InChI=1S/C25H30N2O3S/c1-18(15-24(28)29)7-6-14-30-23-9-5-4-8-21(23)17-27-19(2)16-26-25(27)20-10-12-22(31-3)13-11-20/h4-5,8-13,16,18H,6-7,14-15,17H2,1-3H3,(H,28,29)/t18-/m1/s1. The average molecular weight is 439 g/mol. The molecule has 164 valence electrons. The van der Waals surface area contributed by atoms with Gasteiger partial charge in [-0.3, -0.25) is 4.79 Å². The van der Waals surface area contributed by atoms with Crippen molar-refractivity contribution < 1.29 is 14.6 Å². The van der Waals surface area contributed by atoms with Crippen molar-refractivity contribution in [1.82, 2.24) is 9.55 Å². The summed E-state index contributed by atoms with van der Waals surface area (Å²) in [5, 5.41) is 8.89. The van der Waals surface area contributed by atoms with Gasteiger partial charge in [0.25, 0.3) is 0 Å². The molecule has 0 aliphatic rings. The second kappa shape index (κ2) is 11.0. The van der Waals surface area contributed by atoms with E-state index in [0.29, 0.717) is 13.2 Å². The van der Waals surface area contributed by atoms with Gasteiger partial charge in [0.2, 0.25) is 0 Å². The van der Waals surface area contributed by atoms with Gasteiger partial charge in [0.1, 0.15) is 11.6 Å². The van der Waals surface area contributed by atoms with Crippen molar-refractivity contribution in [3.8, 4) is 17.1 Å². The molecule has 0 unspecified atom stereocenters. The molecule has 1 atom stereocenters. The largest absolute Gasteiger partial charge is 0.493 e. The first-order valence-electron chi connectivity index (χ1n) is 10.6. The summed E-state index contributed by atoms with van der Waals surface area (Å²) in [6, 6.07) is 16.6. The summed E-state index contributed by atoms with van der Waals surface area (Å²) in [6.07, 6.45) is 5.86. The molecule has 0 spiro atoms. The Kier molecular flexibility index (Phi) is 8.18. The van der Waals surface area contributed by atoms with E-state index in [1.54, 1.807) is 11.8 Å². The second-order valence-electron chi connectivity index (χ2n) is 7.84. The number of carboxylic acid groups (broad SMARTS) is 1. The van der Waals surface area contributed by atoms with Gasteiger partial charge >= 0.3 is 5.97 Å². The summed E-state index contributed by atoms with van der Waals surface area (Å²) in [4.78, 5) is 16.7. The molecule has 0 radical (unpaired) electrons. The third kappa shape index (κ3) is 6.37. The third-order valence-electron chi connectivity index (χ3n) is 5.33. The first-order chi connectivity index (χ1) is 15.0. The maximum atomic E-state index is 10.8. The Morgan fingerprint density at radius 3 is 2.65 bits per heavy atom. The van der Waals surface area contributed by atoms with Gasteiger partial charge in [0, 0.05) is 34.3 Å². The molecule has 0 fully saturated rings. The summed E-state index contributed by atoms with van der Waals surface area (Å²) in [5.74, 6) is 1.23. The quantitative estimate of drug-likeness (QED) is 0.298. The number of benzene rings is 2. The topological polar surface area (TPSA) is 64.4 Å². The SMILES string of the molecule is CSc1ccc(-c2ncc(C)n2Cc2ccccc2OCCC[C@@H](C)CC(=O)O)cc1. The number of nitrogens with zero attached hydrogens (tertiary/aromatic N) is 2. The number of aromatic nitrogens is 2. The zero-order valence-corrected chi connectivity index (χ0v) is 19.2. The number of carbonyl (C=O) groups is 1. The van der Waals surface area contributed by atoms with Crippen molar-refractivity contribution in [3.63, 3.8) is 0 Å². The lowest BCUT2D eigenvalue weighted by Crippen LogP contribution is -2.09. The Bertz CT molecular complexity index is 998. The highest BCUT2D eigenvalue weighted by Crippen LogP contribution is 2.26. The van der Waals surface area contributed by atoms with Gasteiger partial charge in [-0.2, -0.15) is 0 Å². The van der Waals surface area contributed by atoms with E-state index in [0.717, 1.165) is 41.2 Å². The Balaban J connectivity index is 1.70. The highest BCUT2D eigenvalue weighted by atomic mass is 32.2. The molecule has 0 aliphatic carbocycles. The van der Waals surface area contributed by atoms with Crippen LogP contribution in [0.1, 0.15) is 37.4 Å². The summed E-state index contributed by atoms with van der Waals surface area (Å²) in [6.45, 7) is 5.29. The molecule has 0 saturated carbocycles. The first-order valence-corrected chi connectivity index (χ1v) is 11.8. The van der Waals surface area contributed by atoms with E-state index in [4.69, 9.17) is 9.84 Å². The van der Waals surface area contributed by atoms with Crippen molar-refractivity contribution in [2.75, 3.05) is 12.9 Å². The molecular formula is C25H30N2O3S. The third-order valence-corrected chi connectivity index (χ3v) is 6.07. The Morgan fingerprint density at radius 2 is 1.94 bits per heavy atom. The van der Waals surface area contributed by atoms with Crippen molar-refractivity contribution in [2.45, 2.75) is 44.6 Å². The van der Waals surface area contributed by atoms with Crippen molar-refractivity contribution >= 4 is 17.7 Å². The van der Waals surface area contributed by atoms with Crippen LogP contribution in [0.2, 0.25) is 0 Å². The number of imidazole rings is 1. The average Bonchev–Trinajstić information content (AvgIpc) is 3.12. The number of hydrogen-bond acceptors (Lipinski definition) is 4. The van der Waals surface area contributed by atoms with Gasteiger partial charge in [0.05, 0.1) is 13.2 Å². The molecule has 0 saturated heterocycles. The Hall–Kier alpha value is -2.73. The highest BCUT2D eigenvalue weighted by molar-refractivity contribution is 7.98. The number of ether oxygens (including phenoxy) is 1. The minimum absolute atomic E-state index is 0.157. The number of aliphatic carboxylic acids is 1. The van der Waals surface area contributed by atoms with Crippen LogP contribution in [0.5, 0.6) is 5.75 Å². The summed E-state index contributed by atoms with van der Waals surface area (Å²) >= 11 is 1.73. The fourth-order valence-corrected chi connectivity index (χ4v) is 4.00. The summed E-state index contributed by atoms with van der Waals surface area (Å²) in [7, 11) is 0. The number of thioether (sulfide) groups is 1. The van der Waals surface area contributed by atoms with E-state index >= 15 is 0 Å². The second-order valence-corrected chi connectivity index (χ2v) is 8.72. The molecule has 3 rings (SSSR count). The maximum Gasteiger partial charge on any atom is 0.303 e. The molecule has 2 aromatic carbocycles. The van der Waals surface area contributed by atoms with Crippen LogP contribution in [-0.4, -0.2) is 33.5 Å². The molecule has 1 heterocycles. The van der Waals surface area contributed by atoms with Crippen LogP contribution in [0, 0.1) is 12.8 Å². The molecule has 0 bridgehead atoms. The molecule has 1 aromatic heterocycles. The van der Waals surface area contributed by atoms with E-state index in [1.807, 2.05) is 31.3 Å². The molecular weight excluding hydrogens is 408 g/mol. The van der Waals surface area contributed by atoms with E-state index in [1.165, 1.54) is 4.90 Å². The normalized spacial score (nSPS) is 12.0. The molecule has 1 N–H and O–H groups in total. The lowest BCUT2D eigenvalue weighted by Gasteiger charge is -2.15. The number of carboxylic acids is 1. The van der Waals surface area contributed by atoms with E-state index in [-0.39, 0.29) is 12.3 Å². The lowest BCUT2D eigenvalue weighted by molar-refractivity contribution is -0.138. The number of hydrogen-bond donors (Lipinski definition) is 1. The predicted octanol–water partition coefficient (Wildman–Crippen LogP) is 5.90. The van der Waals surface area contributed by atoms with Gasteiger partial charge < -0.3 is 14.4 Å². The van der Waals surface area contributed by atoms with Crippen LogP contribution in [-0.2, 0) is 11.3 Å². The number of para-hydroxylation sites is 1. The monoisotopic (exact) mass is 438 g/mol. The van der Waals surface area contributed by atoms with E-state index < -0.39 is 5.97 Å². The van der Waals surface area contributed by atoms with Gasteiger partial charge in [-0.25, -0.2) is 4.98 Å². The Morgan fingerprint density at radius 1 is 1.19 bits per heavy atom. The minimum atomic E-state index is -0.742. The van der Waals surface area contributed by atoms with Crippen LogP contribution in [0.3, 0.4) is 0 Å². The van der Waals surface area contributed by atoms with Crippen LogP contribution in [0.4, 0.5) is 0 Å².